The lowest BCUT2D eigenvalue weighted by Gasteiger charge is -2.06. The van der Waals surface area contributed by atoms with Crippen molar-refractivity contribution < 1.29 is 13.9 Å². The number of anilines is 1. The van der Waals surface area contributed by atoms with Gasteiger partial charge in [0.05, 0.1) is 6.54 Å². The second kappa shape index (κ2) is 9.04. The number of nitrogens with zero attached hydrogens (tertiary/aromatic N) is 2. The minimum absolute atomic E-state index is 0.209. The smallest absolute Gasteiger partial charge is 0.292 e. The van der Waals surface area contributed by atoms with E-state index < -0.39 is 0 Å². The minimum atomic E-state index is -0.354. The zero-order valence-corrected chi connectivity index (χ0v) is 18.2. The van der Waals surface area contributed by atoms with Gasteiger partial charge in [0, 0.05) is 12.3 Å². The van der Waals surface area contributed by atoms with Crippen LogP contribution in [0.3, 0.4) is 0 Å². The third kappa shape index (κ3) is 4.80. The second-order valence-electron chi connectivity index (χ2n) is 7.84. The van der Waals surface area contributed by atoms with Gasteiger partial charge in [-0.1, -0.05) is 54.6 Å². The molecule has 1 N–H and O–H groups in total. The van der Waals surface area contributed by atoms with Gasteiger partial charge in [-0.15, -0.1) is 0 Å². The van der Waals surface area contributed by atoms with Crippen LogP contribution < -0.4 is 10.1 Å². The van der Waals surface area contributed by atoms with Crippen molar-refractivity contribution in [3.8, 4) is 5.75 Å². The number of hydrogen-bond acceptors (Lipinski definition) is 4. The highest BCUT2D eigenvalue weighted by atomic mass is 16.5. The quantitative estimate of drug-likeness (QED) is 0.348. The highest BCUT2D eigenvalue weighted by Crippen LogP contribution is 2.22. The van der Waals surface area contributed by atoms with E-state index in [0.29, 0.717) is 18.1 Å². The van der Waals surface area contributed by atoms with Gasteiger partial charge in [0.2, 0.25) is 0 Å². The summed E-state index contributed by atoms with van der Waals surface area (Å²) in [4.78, 5) is 12.6. The molecule has 0 bridgehead atoms. The first kappa shape index (κ1) is 20.6. The highest BCUT2D eigenvalue weighted by molar-refractivity contribution is 6.01. The van der Waals surface area contributed by atoms with Crippen LogP contribution in [0.1, 0.15) is 27.4 Å². The van der Waals surface area contributed by atoms with E-state index in [1.165, 1.54) is 11.1 Å². The van der Waals surface area contributed by atoms with Gasteiger partial charge in [-0.3, -0.25) is 9.48 Å². The number of benzene rings is 3. The second-order valence-corrected chi connectivity index (χ2v) is 7.84. The predicted octanol–water partition coefficient (Wildman–Crippen LogP) is 5.82. The van der Waals surface area contributed by atoms with Crippen LogP contribution in [0, 0.1) is 6.92 Å². The van der Waals surface area contributed by atoms with E-state index in [9.17, 15) is 4.79 Å². The number of carbonyl (C=O) groups is 1. The Morgan fingerprint density at radius 2 is 1.79 bits per heavy atom. The Morgan fingerprint density at radius 1 is 0.970 bits per heavy atom. The van der Waals surface area contributed by atoms with Gasteiger partial charge in [0.15, 0.2) is 11.6 Å². The Morgan fingerprint density at radius 3 is 2.67 bits per heavy atom. The largest absolute Gasteiger partial charge is 0.486 e. The van der Waals surface area contributed by atoms with Gasteiger partial charge in [-0.25, -0.2) is 0 Å². The lowest BCUT2D eigenvalue weighted by atomic mass is 10.1. The third-order valence-electron chi connectivity index (χ3n) is 5.46. The summed E-state index contributed by atoms with van der Waals surface area (Å²) in [6.07, 6.45) is 1.84. The first-order valence-electron chi connectivity index (χ1n) is 10.7. The van der Waals surface area contributed by atoms with Gasteiger partial charge < -0.3 is 14.5 Å². The number of hydrogen-bond donors (Lipinski definition) is 1. The number of carbonyl (C=O) groups excluding carboxylic acids is 1. The molecule has 0 aliphatic carbocycles. The molecule has 0 aliphatic rings. The molecule has 0 aliphatic heterocycles. The summed E-state index contributed by atoms with van der Waals surface area (Å²) in [5.74, 6) is 1.64. The lowest BCUT2D eigenvalue weighted by molar-refractivity contribution is 0.0992. The maximum atomic E-state index is 12.6. The fourth-order valence-corrected chi connectivity index (χ4v) is 3.65. The van der Waals surface area contributed by atoms with Crippen molar-refractivity contribution in [2.75, 3.05) is 5.32 Å². The molecule has 2 aromatic heterocycles. The molecule has 164 valence electrons. The summed E-state index contributed by atoms with van der Waals surface area (Å²) in [5, 5.41) is 9.48. The molecule has 0 radical (unpaired) electrons. The Balaban J connectivity index is 1.19. The maximum Gasteiger partial charge on any atom is 0.292 e. The van der Waals surface area contributed by atoms with E-state index in [1.54, 1.807) is 22.9 Å². The van der Waals surface area contributed by atoms with Gasteiger partial charge in [-0.2, -0.15) is 5.10 Å². The van der Waals surface area contributed by atoms with Crippen molar-refractivity contribution in [2.45, 2.75) is 20.1 Å². The highest BCUT2D eigenvalue weighted by Gasteiger charge is 2.13. The fraction of sp³-hybridized carbons (Fsp3) is 0.111. The van der Waals surface area contributed by atoms with Crippen molar-refractivity contribution in [1.29, 1.82) is 0 Å². The van der Waals surface area contributed by atoms with Crippen LogP contribution in [0.5, 0.6) is 5.75 Å². The van der Waals surface area contributed by atoms with Crippen LogP contribution >= 0.6 is 0 Å². The summed E-state index contributed by atoms with van der Waals surface area (Å²) in [5.41, 5.74) is 2.38. The summed E-state index contributed by atoms with van der Waals surface area (Å²) >= 11 is 0. The average molecular weight is 437 g/mol. The Hall–Kier alpha value is -4.32. The van der Waals surface area contributed by atoms with Crippen molar-refractivity contribution >= 4 is 22.5 Å². The molecule has 6 nitrogen and oxygen atoms in total. The van der Waals surface area contributed by atoms with E-state index in [0.717, 1.165) is 16.5 Å². The molecule has 2 heterocycles. The van der Waals surface area contributed by atoms with E-state index in [4.69, 9.17) is 9.15 Å². The van der Waals surface area contributed by atoms with E-state index in [2.05, 4.69) is 35.5 Å². The number of aromatic nitrogens is 2. The topological polar surface area (TPSA) is 69.3 Å². The van der Waals surface area contributed by atoms with Crippen LogP contribution in [0.15, 0.2) is 95.5 Å². The molecule has 0 unspecified atom stereocenters. The normalized spacial score (nSPS) is 10.9. The van der Waals surface area contributed by atoms with Crippen molar-refractivity contribution in [2.24, 2.45) is 0 Å². The van der Waals surface area contributed by atoms with Gasteiger partial charge in [0.25, 0.3) is 5.91 Å². The molecule has 1 amide bonds. The molecule has 0 spiro atoms. The summed E-state index contributed by atoms with van der Waals surface area (Å²) < 4.78 is 13.3. The first-order chi connectivity index (χ1) is 16.1. The van der Waals surface area contributed by atoms with Crippen LogP contribution in [0.25, 0.3) is 10.8 Å². The zero-order valence-electron chi connectivity index (χ0n) is 18.2. The van der Waals surface area contributed by atoms with E-state index in [-0.39, 0.29) is 18.3 Å². The third-order valence-corrected chi connectivity index (χ3v) is 5.46. The van der Waals surface area contributed by atoms with Crippen molar-refractivity contribution in [3.63, 3.8) is 0 Å². The molecule has 0 saturated heterocycles. The zero-order chi connectivity index (χ0) is 22.6. The van der Waals surface area contributed by atoms with Crippen LogP contribution in [0.4, 0.5) is 5.82 Å². The number of ether oxygens (including phenoxy) is 1. The number of amides is 1. The molecular weight excluding hydrogens is 414 g/mol. The molecule has 33 heavy (non-hydrogen) atoms. The van der Waals surface area contributed by atoms with Crippen LogP contribution in [-0.4, -0.2) is 15.7 Å². The monoisotopic (exact) mass is 437 g/mol. The van der Waals surface area contributed by atoms with Crippen molar-refractivity contribution in [3.05, 3.63) is 114 Å². The van der Waals surface area contributed by atoms with Crippen molar-refractivity contribution in [1.82, 2.24) is 9.78 Å². The standard InChI is InChI=1S/C27H23N3O3/c1-19-6-2-3-9-22(19)17-30-15-14-26(29-30)28-27(31)25-13-12-24(33-25)18-32-23-11-10-20-7-4-5-8-21(20)16-23/h2-16H,17-18H2,1H3,(H,28,29,31). The molecule has 0 saturated carbocycles. The predicted molar refractivity (Wildman–Crippen MR) is 127 cm³/mol. The first-order valence-corrected chi connectivity index (χ1v) is 10.7. The summed E-state index contributed by atoms with van der Waals surface area (Å²) in [6, 6.07) is 27.3. The number of fused-ring (bicyclic) bond motifs is 1. The Labute approximate surface area is 191 Å². The molecule has 5 aromatic rings. The van der Waals surface area contributed by atoms with E-state index in [1.807, 2.05) is 54.7 Å². The maximum absolute atomic E-state index is 12.6. The molecule has 6 heteroatoms. The number of furan rings is 1. The molecular formula is C27H23N3O3. The summed E-state index contributed by atoms with van der Waals surface area (Å²) in [6.45, 7) is 2.94. The number of rotatable bonds is 7. The van der Waals surface area contributed by atoms with Gasteiger partial charge in [-0.05, 0) is 53.1 Å². The molecule has 3 aromatic carbocycles. The van der Waals surface area contributed by atoms with Crippen LogP contribution in [-0.2, 0) is 13.2 Å². The number of aryl methyl sites for hydroxylation is 1. The van der Waals surface area contributed by atoms with Crippen LogP contribution in [0.2, 0.25) is 0 Å². The number of nitrogens with one attached hydrogen (secondary N) is 1. The lowest BCUT2D eigenvalue weighted by Crippen LogP contribution is -2.12. The molecule has 0 fully saturated rings. The Bertz CT molecular complexity index is 1420. The Kier molecular flexibility index (Phi) is 5.64. The van der Waals surface area contributed by atoms with Gasteiger partial charge >= 0.3 is 0 Å². The molecule has 0 atom stereocenters. The summed E-state index contributed by atoms with van der Waals surface area (Å²) in [7, 11) is 0. The fourth-order valence-electron chi connectivity index (χ4n) is 3.65. The van der Waals surface area contributed by atoms with E-state index >= 15 is 0 Å². The van der Waals surface area contributed by atoms with Gasteiger partial charge in [0.1, 0.15) is 18.1 Å². The minimum Gasteiger partial charge on any atom is -0.486 e. The SMILES string of the molecule is Cc1ccccc1Cn1ccc(NC(=O)c2ccc(COc3ccc4ccccc4c3)o2)n1. The average Bonchev–Trinajstić information content (AvgIpc) is 3.49. The molecule has 5 rings (SSSR count).